The van der Waals surface area contributed by atoms with Gasteiger partial charge in [-0.3, -0.25) is 0 Å². The van der Waals surface area contributed by atoms with Gasteiger partial charge in [0.15, 0.2) is 0 Å². The second kappa shape index (κ2) is 15.7. The number of rotatable bonds is 3. The van der Waals surface area contributed by atoms with Crippen molar-refractivity contribution in [3.63, 3.8) is 0 Å². The Morgan fingerprint density at radius 1 is 0.419 bits per heavy atom. The third-order valence-electron chi connectivity index (χ3n) is 6.19. The Kier molecular flexibility index (Phi) is 11.8. The van der Waals surface area contributed by atoms with E-state index in [9.17, 15) is 0 Å². The minimum Gasteiger partial charge on any atom is -0.510 e. The van der Waals surface area contributed by atoms with Gasteiger partial charge in [0.25, 0.3) is 0 Å². The Hall–Kier alpha value is -5.20. The van der Waals surface area contributed by atoms with Crippen molar-refractivity contribution >= 4 is 17.1 Å². The number of anilines is 3. The Morgan fingerprint density at radius 3 is 0.814 bits per heavy atom. The molecule has 3 aromatic rings. The van der Waals surface area contributed by atoms with Gasteiger partial charge in [0.05, 0.1) is 34.9 Å². The van der Waals surface area contributed by atoms with Gasteiger partial charge in [-0.25, -0.2) is 0 Å². The quantitative estimate of drug-likeness (QED) is 0.314. The van der Waals surface area contributed by atoms with Crippen LogP contribution >= 0.6 is 0 Å². The van der Waals surface area contributed by atoms with Gasteiger partial charge in [0, 0.05) is 17.1 Å². The molecule has 0 saturated carbocycles. The summed E-state index contributed by atoms with van der Waals surface area (Å²) in [7, 11) is 5.92. The van der Waals surface area contributed by atoms with E-state index in [0.29, 0.717) is 16.7 Å². The van der Waals surface area contributed by atoms with Crippen LogP contribution in [0.25, 0.3) is 0 Å². The maximum Gasteiger partial charge on any atom is 3.00 e. The van der Waals surface area contributed by atoms with Gasteiger partial charge in [-0.2, -0.15) is 35.8 Å². The molecule has 3 aromatic carbocycles. The summed E-state index contributed by atoms with van der Waals surface area (Å²) < 4.78 is 0. The van der Waals surface area contributed by atoms with E-state index in [1.165, 1.54) is 0 Å². The predicted molar refractivity (Wildman–Crippen MR) is 165 cm³/mol. The fraction of sp³-hybridized carbons (Fsp3) is 0.0909. The summed E-state index contributed by atoms with van der Waals surface area (Å²) in [5.74, 6) is 0. The largest absolute Gasteiger partial charge is 3.00 e. The minimum absolute atomic E-state index is 0. The van der Waals surface area contributed by atoms with Gasteiger partial charge in [-0.15, -0.1) is 0 Å². The summed E-state index contributed by atoms with van der Waals surface area (Å²) in [6, 6.07) is 28.8. The van der Waals surface area contributed by atoms with Crippen molar-refractivity contribution in [3.8, 4) is 18.2 Å². The molecule has 3 aliphatic rings. The Balaban J connectivity index is 0.000000175. The molecule has 9 nitrogen and oxygen atoms in total. The Bertz CT molecular complexity index is 1350. The maximum absolute atomic E-state index is 8.64. The number of nitriles is 3. The maximum atomic E-state index is 8.64. The first-order valence-electron chi connectivity index (χ1n) is 13.0. The molecule has 0 bridgehead atoms. The van der Waals surface area contributed by atoms with E-state index in [1.807, 2.05) is 181 Å². The van der Waals surface area contributed by atoms with Crippen molar-refractivity contribution in [1.82, 2.24) is 14.7 Å². The van der Waals surface area contributed by atoms with Crippen molar-refractivity contribution in [1.29, 1.82) is 15.8 Å². The molecule has 0 atom stereocenters. The zero-order chi connectivity index (χ0) is 29.9. The fourth-order valence-corrected chi connectivity index (χ4v) is 3.93. The Labute approximate surface area is 267 Å². The molecule has 0 unspecified atom stereocenters. The molecule has 0 spiro atoms. The SMILES string of the molecule is CN1C=CN(c2ccc(C#N)cc2)[CH-]1.CN1C=CN(c2ccc(C#N)cc2)[CH-]1.CN1C=CN(c2ccc(C#N)cc2)[CH-]1.[Ir+3]. The van der Waals surface area contributed by atoms with Crippen molar-refractivity contribution in [2.75, 3.05) is 35.8 Å². The van der Waals surface area contributed by atoms with Crippen LogP contribution in [0.3, 0.4) is 0 Å². The van der Waals surface area contributed by atoms with Gasteiger partial charge in [0.2, 0.25) is 0 Å². The molecule has 43 heavy (non-hydrogen) atoms. The molecule has 0 fully saturated rings. The summed E-state index contributed by atoms with van der Waals surface area (Å²) in [5.41, 5.74) is 5.24. The van der Waals surface area contributed by atoms with Gasteiger partial charge >= 0.3 is 20.1 Å². The second-order valence-corrected chi connectivity index (χ2v) is 9.44. The minimum atomic E-state index is 0. The first kappa shape index (κ1) is 32.3. The molecule has 3 heterocycles. The summed E-state index contributed by atoms with van der Waals surface area (Å²) in [6.45, 7) is 5.92. The fourth-order valence-electron chi connectivity index (χ4n) is 3.93. The third kappa shape index (κ3) is 9.15. The van der Waals surface area contributed by atoms with Crippen molar-refractivity contribution < 1.29 is 20.1 Å². The number of hydrogen-bond acceptors (Lipinski definition) is 9. The van der Waals surface area contributed by atoms with Gasteiger partial charge in [-0.1, -0.05) is 0 Å². The third-order valence-corrected chi connectivity index (χ3v) is 6.19. The number of nitrogens with zero attached hydrogens (tertiary/aromatic N) is 9. The standard InChI is InChI=1S/3C11H10N3.Ir/c3*1-13-6-7-14(9-13)11-4-2-10(8-12)3-5-11;/h3*2-7,9H,1H3;/q3*-1;+3. The second-order valence-electron chi connectivity index (χ2n) is 9.44. The number of hydrogen-bond donors (Lipinski definition) is 0. The van der Waals surface area contributed by atoms with Crippen LogP contribution in [-0.4, -0.2) is 35.8 Å². The predicted octanol–water partition coefficient (Wildman–Crippen LogP) is 5.70. The van der Waals surface area contributed by atoms with Gasteiger partial charge in [-0.05, 0) is 131 Å². The molecular formula is C33H30IrN9. The monoisotopic (exact) mass is 745 g/mol. The average molecular weight is 745 g/mol. The summed E-state index contributed by atoms with van der Waals surface area (Å²) in [6.07, 6.45) is 11.8. The van der Waals surface area contributed by atoms with E-state index in [-0.39, 0.29) is 20.1 Å². The molecule has 0 aromatic heterocycles. The molecule has 216 valence electrons. The van der Waals surface area contributed by atoms with Crippen molar-refractivity contribution in [2.24, 2.45) is 0 Å². The van der Waals surface area contributed by atoms with Crippen LogP contribution in [-0.2, 0) is 20.1 Å². The zero-order valence-electron chi connectivity index (χ0n) is 24.0. The van der Waals surface area contributed by atoms with Crippen LogP contribution in [0.15, 0.2) is 110 Å². The van der Waals surface area contributed by atoms with Crippen LogP contribution in [0.2, 0.25) is 0 Å². The molecule has 0 saturated heterocycles. The molecule has 0 amide bonds. The van der Waals surface area contributed by atoms with Gasteiger partial charge < -0.3 is 29.4 Å². The summed E-state index contributed by atoms with van der Waals surface area (Å²) in [5, 5.41) is 25.9. The Morgan fingerprint density at radius 2 is 0.651 bits per heavy atom. The van der Waals surface area contributed by atoms with E-state index in [1.54, 1.807) is 0 Å². The smallest absolute Gasteiger partial charge is 0.510 e. The first-order valence-corrected chi connectivity index (χ1v) is 13.0. The molecule has 6 rings (SSSR count). The van der Waals surface area contributed by atoms with Crippen molar-refractivity contribution in [2.45, 2.75) is 0 Å². The van der Waals surface area contributed by atoms with Crippen LogP contribution in [0.4, 0.5) is 17.1 Å². The average Bonchev–Trinajstić information content (AvgIpc) is 3.79. The topological polar surface area (TPSA) is 90.8 Å². The van der Waals surface area contributed by atoms with E-state index in [2.05, 4.69) is 18.2 Å². The zero-order valence-corrected chi connectivity index (χ0v) is 26.4. The summed E-state index contributed by atoms with van der Waals surface area (Å²) in [4.78, 5) is 11.9. The van der Waals surface area contributed by atoms with E-state index >= 15 is 0 Å². The molecule has 0 N–H and O–H groups in total. The molecule has 0 aliphatic carbocycles. The van der Waals surface area contributed by atoms with Gasteiger partial charge in [0.1, 0.15) is 0 Å². The molecule has 10 heteroatoms. The van der Waals surface area contributed by atoms with Crippen LogP contribution in [0.5, 0.6) is 0 Å². The van der Waals surface area contributed by atoms with Crippen LogP contribution in [0.1, 0.15) is 16.7 Å². The van der Waals surface area contributed by atoms with Crippen LogP contribution in [0, 0.1) is 54.0 Å². The summed E-state index contributed by atoms with van der Waals surface area (Å²) >= 11 is 0. The van der Waals surface area contributed by atoms with E-state index in [0.717, 1.165) is 17.1 Å². The molecular weight excluding hydrogens is 715 g/mol. The normalized spacial score (nSPS) is 14.2. The van der Waals surface area contributed by atoms with Crippen LogP contribution < -0.4 is 14.7 Å². The number of benzene rings is 3. The van der Waals surface area contributed by atoms with E-state index in [4.69, 9.17) is 15.8 Å². The van der Waals surface area contributed by atoms with Crippen molar-refractivity contribution in [3.05, 3.63) is 147 Å². The molecule has 0 radical (unpaired) electrons. The van der Waals surface area contributed by atoms with E-state index < -0.39 is 0 Å². The first-order chi connectivity index (χ1) is 20.4. The molecule has 3 aliphatic heterocycles.